The molecule has 1 aromatic rings. The van der Waals surface area contributed by atoms with Crippen molar-refractivity contribution in [2.75, 3.05) is 6.54 Å². The lowest BCUT2D eigenvalue weighted by atomic mass is 9.99. The number of fused-ring (bicyclic) bond motifs is 1. The van der Waals surface area contributed by atoms with Crippen molar-refractivity contribution < 1.29 is 18.0 Å². The number of hydrogen-bond donors (Lipinski definition) is 1. The van der Waals surface area contributed by atoms with Gasteiger partial charge < -0.3 is 9.88 Å². The predicted molar refractivity (Wildman–Crippen MR) is 65.2 cm³/mol. The van der Waals surface area contributed by atoms with E-state index in [-0.39, 0.29) is 30.5 Å². The van der Waals surface area contributed by atoms with E-state index < -0.39 is 12.0 Å². The van der Waals surface area contributed by atoms with Crippen LogP contribution in [0, 0.1) is 5.92 Å². The summed E-state index contributed by atoms with van der Waals surface area (Å²) in [7, 11) is 0. The number of Topliss-reactive ketones (excluding diaryl/α,β-unsaturated/α-hetero) is 1. The zero-order valence-electron chi connectivity index (χ0n) is 11.0. The SMILES string of the molecule is O=C(c1nc(C(F)(F)F)n2c1CNCC2)C1CCCC1. The minimum absolute atomic E-state index is 0.0245. The van der Waals surface area contributed by atoms with Gasteiger partial charge in [0.2, 0.25) is 5.82 Å². The third-order valence-corrected chi connectivity index (χ3v) is 4.09. The minimum atomic E-state index is -4.51. The summed E-state index contributed by atoms with van der Waals surface area (Å²) in [5.41, 5.74) is 0.414. The normalized spacial score (nSPS) is 20.1. The molecule has 1 N–H and O–H groups in total. The first-order valence-electron chi connectivity index (χ1n) is 6.90. The number of nitrogens with one attached hydrogen (secondary N) is 1. The van der Waals surface area contributed by atoms with Crippen LogP contribution in [0.15, 0.2) is 0 Å². The van der Waals surface area contributed by atoms with E-state index in [0.29, 0.717) is 12.2 Å². The largest absolute Gasteiger partial charge is 0.449 e. The second-order valence-electron chi connectivity index (χ2n) is 5.40. The molecule has 2 heterocycles. The lowest BCUT2D eigenvalue weighted by molar-refractivity contribution is -0.147. The quantitative estimate of drug-likeness (QED) is 0.850. The van der Waals surface area contributed by atoms with Crippen molar-refractivity contribution >= 4 is 5.78 Å². The fourth-order valence-electron chi connectivity index (χ4n) is 3.10. The van der Waals surface area contributed by atoms with E-state index in [1.807, 2.05) is 0 Å². The molecule has 0 saturated heterocycles. The van der Waals surface area contributed by atoms with Gasteiger partial charge in [-0.3, -0.25) is 4.79 Å². The molecule has 0 unspecified atom stereocenters. The molecule has 110 valence electrons. The Morgan fingerprint density at radius 2 is 2.00 bits per heavy atom. The van der Waals surface area contributed by atoms with E-state index in [0.717, 1.165) is 30.3 Å². The van der Waals surface area contributed by atoms with Gasteiger partial charge in [-0.1, -0.05) is 12.8 Å². The Labute approximate surface area is 114 Å². The Morgan fingerprint density at radius 1 is 1.30 bits per heavy atom. The molecule has 0 radical (unpaired) electrons. The number of carbonyl (C=O) groups excluding carboxylic acids is 1. The lowest BCUT2D eigenvalue weighted by Gasteiger charge is -2.19. The smallest absolute Gasteiger partial charge is 0.321 e. The fraction of sp³-hybridized carbons (Fsp3) is 0.692. The van der Waals surface area contributed by atoms with Gasteiger partial charge in [-0.05, 0) is 12.8 Å². The van der Waals surface area contributed by atoms with Crippen molar-refractivity contribution in [2.24, 2.45) is 5.92 Å². The van der Waals surface area contributed by atoms with E-state index in [1.165, 1.54) is 0 Å². The number of hydrogen-bond acceptors (Lipinski definition) is 3. The number of aromatic nitrogens is 2. The van der Waals surface area contributed by atoms with Gasteiger partial charge in [-0.15, -0.1) is 0 Å². The number of halogens is 3. The Morgan fingerprint density at radius 3 is 2.65 bits per heavy atom. The van der Waals surface area contributed by atoms with Gasteiger partial charge in [-0.25, -0.2) is 4.98 Å². The second-order valence-corrected chi connectivity index (χ2v) is 5.40. The zero-order chi connectivity index (χ0) is 14.3. The van der Waals surface area contributed by atoms with Crippen molar-refractivity contribution in [3.05, 3.63) is 17.2 Å². The van der Waals surface area contributed by atoms with Gasteiger partial charge in [0.25, 0.3) is 0 Å². The fourth-order valence-corrected chi connectivity index (χ4v) is 3.10. The molecule has 0 bridgehead atoms. The van der Waals surface area contributed by atoms with Crippen molar-refractivity contribution in [1.29, 1.82) is 0 Å². The van der Waals surface area contributed by atoms with Gasteiger partial charge >= 0.3 is 6.18 Å². The van der Waals surface area contributed by atoms with Crippen molar-refractivity contribution in [3.8, 4) is 0 Å². The lowest BCUT2D eigenvalue weighted by Crippen LogP contribution is -2.31. The van der Waals surface area contributed by atoms with E-state index in [1.54, 1.807) is 0 Å². The molecule has 0 aromatic carbocycles. The molecule has 7 heteroatoms. The summed E-state index contributed by atoms with van der Waals surface area (Å²) in [5, 5.41) is 3.01. The van der Waals surface area contributed by atoms with Crippen LogP contribution in [0.1, 0.15) is 47.7 Å². The Kier molecular flexibility index (Phi) is 3.32. The summed E-state index contributed by atoms with van der Waals surface area (Å²) in [6, 6.07) is 0. The van der Waals surface area contributed by atoms with Crippen molar-refractivity contribution in [3.63, 3.8) is 0 Å². The van der Waals surface area contributed by atoms with Crippen LogP contribution in [0.5, 0.6) is 0 Å². The summed E-state index contributed by atoms with van der Waals surface area (Å²) in [6.45, 7) is 0.940. The van der Waals surface area contributed by atoms with Crippen LogP contribution in [0.25, 0.3) is 0 Å². The van der Waals surface area contributed by atoms with E-state index in [4.69, 9.17) is 0 Å². The Balaban J connectivity index is 2.02. The van der Waals surface area contributed by atoms with Crippen molar-refractivity contribution in [2.45, 2.75) is 44.9 Å². The van der Waals surface area contributed by atoms with Crippen molar-refractivity contribution in [1.82, 2.24) is 14.9 Å². The van der Waals surface area contributed by atoms with E-state index in [9.17, 15) is 18.0 Å². The molecule has 2 aliphatic rings. The standard InChI is InChI=1S/C13H16F3N3O/c14-13(15,16)12-18-10(9-7-17-5-6-19(9)12)11(20)8-3-1-2-4-8/h8,17H,1-7H2. The van der Waals surface area contributed by atoms with E-state index >= 15 is 0 Å². The van der Waals surface area contributed by atoms with Crippen LogP contribution < -0.4 is 5.32 Å². The average molecular weight is 287 g/mol. The molecule has 1 fully saturated rings. The topological polar surface area (TPSA) is 46.9 Å². The third-order valence-electron chi connectivity index (χ3n) is 4.09. The molecule has 1 saturated carbocycles. The molecular formula is C13H16F3N3O. The highest BCUT2D eigenvalue weighted by molar-refractivity contribution is 5.97. The minimum Gasteiger partial charge on any atom is -0.321 e. The maximum atomic E-state index is 13.0. The number of imidazole rings is 1. The van der Waals surface area contributed by atoms with Gasteiger partial charge in [0.15, 0.2) is 5.78 Å². The summed E-state index contributed by atoms with van der Waals surface area (Å²) in [4.78, 5) is 16.0. The molecule has 1 aromatic heterocycles. The van der Waals surface area contributed by atoms with Gasteiger partial charge in [-0.2, -0.15) is 13.2 Å². The number of ketones is 1. The van der Waals surface area contributed by atoms with E-state index in [2.05, 4.69) is 10.3 Å². The number of rotatable bonds is 2. The first-order valence-corrected chi connectivity index (χ1v) is 6.90. The van der Waals surface area contributed by atoms with Crippen LogP contribution >= 0.6 is 0 Å². The number of alkyl halides is 3. The highest BCUT2D eigenvalue weighted by Crippen LogP contribution is 2.34. The van der Waals surface area contributed by atoms with Crippen LogP contribution in [0.2, 0.25) is 0 Å². The van der Waals surface area contributed by atoms with Gasteiger partial charge in [0, 0.05) is 25.6 Å². The number of carbonyl (C=O) groups is 1. The molecule has 0 atom stereocenters. The molecule has 3 rings (SSSR count). The first-order chi connectivity index (χ1) is 9.48. The molecule has 1 aliphatic carbocycles. The molecule has 4 nitrogen and oxygen atoms in total. The molecule has 20 heavy (non-hydrogen) atoms. The monoisotopic (exact) mass is 287 g/mol. The van der Waals surface area contributed by atoms with Gasteiger partial charge in [0.05, 0.1) is 5.69 Å². The molecule has 0 spiro atoms. The predicted octanol–water partition coefficient (Wildman–Crippen LogP) is 2.38. The Bertz CT molecular complexity index is 530. The third kappa shape index (κ3) is 2.24. The highest BCUT2D eigenvalue weighted by atomic mass is 19.4. The highest BCUT2D eigenvalue weighted by Gasteiger charge is 2.41. The summed E-state index contributed by atoms with van der Waals surface area (Å²) >= 11 is 0. The molecular weight excluding hydrogens is 271 g/mol. The van der Waals surface area contributed by atoms with Crippen LogP contribution in [-0.4, -0.2) is 21.9 Å². The maximum Gasteiger partial charge on any atom is 0.449 e. The summed E-state index contributed by atoms with van der Waals surface area (Å²) < 4.78 is 40.2. The first kappa shape index (κ1) is 13.6. The van der Waals surface area contributed by atoms with Crippen LogP contribution in [0.4, 0.5) is 13.2 Å². The Hall–Kier alpha value is -1.37. The summed E-state index contributed by atoms with van der Waals surface area (Å²) in [5.74, 6) is -1.31. The summed E-state index contributed by atoms with van der Waals surface area (Å²) in [6.07, 6.45) is -1.05. The average Bonchev–Trinajstić information content (AvgIpc) is 3.05. The maximum absolute atomic E-state index is 13.0. The number of nitrogens with zero attached hydrogens (tertiary/aromatic N) is 2. The molecule has 1 aliphatic heterocycles. The van der Waals surface area contributed by atoms with Crippen LogP contribution in [0.3, 0.4) is 0 Å². The van der Waals surface area contributed by atoms with Gasteiger partial charge in [0.1, 0.15) is 5.69 Å². The second kappa shape index (κ2) is 4.87. The molecule has 0 amide bonds. The van der Waals surface area contributed by atoms with Crippen LogP contribution in [-0.2, 0) is 19.3 Å². The zero-order valence-corrected chi connectivity index (χ0v) is 11.0.